The number of oxazole rings is 1. The van der Waals surface area contributed by atoms with E-state index in [0.717, 1.165) is 44.0 Å². The Bertz CT molecular complexity index is 1070. The molecule has 4 rings (SSSR count). The number of rotatable bonds is 8. The van der Waals surface area contributed by atoms with E-state index in [1.54, 1.807) is 25.3 Å². The van der Waals surface area contributed by atoms with Gasteiger partial charge < -0.3 is 29.1 Å². The molecule has 2 aromatic carbocycles. The molecule has 0 saturated carbocycles. The van der Waals surface area contributed by atoms with E-state index in [-0.39, 0.29) is 11.8 Å². The molecule has 2 heterocycles. The molecule has 1 aromatic heterocycles. The summed E-state index contributed by atoms with van der Waals surface area (Å²) in [5, 5.41) is 12.2. The Morgan fingerprint density at radius 3 is 2.75 bits per heavy atom. The molecule has 0 bridgehead atoms. The number of aromatic nitrogens is 1. The number of nitrogens with one attached hydrogen (secondary N) is 1. The lowest BCUT2D eigenvalue weighted by molar-refractivity contribution is 0.145. The van der Waals surface area contributed by atoms with E-state index in [1.165, 1.54) is 5.56 Å². The molecule has 170 valence electrons. The fourth-order valence-electron chi connectivity index (χ4n) is 3.92. The number of hydrogen-bond donors (Lipinski definition) is 2. The Kier molecular flexibility index (Phi) is 6.65. The highest BCUT2D eigenvalue weighted by atomic mass is 16.7. The van der Waals surface area contributed by atoms with E-state index in [4.69, 9.17) is 23.7 Å². The number of hydrogen-bond acceptors (Lipinski definition) is 8. The molecule has 1 saturated heterocycles. The van der Waals surface area contributed by atoms with Crippen molar-refractivity contribution in [2.75, 3.05) is 32.1 Å². The summed E-state index contributed by atoms with van der Waals surface area (Å²) in [4.78, 5) is 17.7. The number of nitrogens with zero attached hydrogens (tertiary/aromatic N) is 2. The minimum Gasteiger partial charge on any atom is -0.493 e. The zero-order chi connectivity index (χ0) is 22.5. The van der Waals surface area contributed by atoms with Crippen molar-refractivity contribution in [2.24, 2.45) is 0 Å². The molecule has 32 heavy (non-hydrogen) atoms. The molecule has 1 aliphatic rings. The van der Waals surface area contributed by atoms with Gasteiger partial charge in [-0.05, 0) is 49.6 Å². The molecule has 1 aliphatic heterocycles. The summed E-state index contributed by atoms with van der Waals surface area (Å²) in [5.74, 6) is 1.67. The highest BCUT2D eigenvalue weighted by Gasteiger charge is 2.22. The average Bonchev–Trinajstić information content (AvgIpc) is 3.19. The summed E-state index contributed by atoms with van der Waals surface area (Å²) in [5.41, 5.74) is 2.05. The number of carboxylic acid groups (broad SMARTS) is 1. The number of piperidine rings is 1. The summed E-state index contributed by atoms with van der Waals surface area (Å²) >= 11 is 0. The summed E-state index contributed by atoms with van der Waals surface area (Å²) in [7, 11) is 1.64. The molecule has 0 aliphatic carbocycles. The predicted octanol–water partition coefficient (Wildman–Crippen LogP) is 4.37. The molecule has 0 amide bonds. The zero-order valence-corrected chi connectivity index (χ0v) is 18.2. The van der Waals surface area contributed by atoms with Crippen LogP contribution in [0.1, 0.15) is 25.3 Å². The summed E-state index contributed by atoms with van der Waals surface area (Å²) in [6.45, 7) is 5.26. The average molecular weight is 441 g/mol. The van der Waals surface area contributed by atoms with Crippen LogP contribution in [0.25, 0.3) is 11.1 Å². The van der Waals surface area contributed by atoms with Crippen LogP contribution in [-0.4, -0.2) is 54.0 Å². The van der Waals surface area contributed by atoms with Crippen LogP contribution in [0.5, 0.6) is 17.2 Å². The first-order chi connectivity index (χ1) is 15.6. The Morgan fingerprint density at radius 1 is 1.22 bits per heavy atom. The number of para-hydroxylation sites is 1. The molecule has 0 spiro atoms. The second-order valence-electron chi connectivity index (χ2n) is 7.60. The van der Waals surface area contributed by atoms with Crippen LogP contribution < -0.4 is 19.5 Å². The van der Waals surface area contributed by atoms with E-state index in [2.05, 4.69) is 21.3 Å². The van der Waals surface area contributed by atoms with Gasteiger partial charge in [0.2, 0.25) is 0 Å². The first-order valence-electron chi connectivity index (χ1n) is 10.6. The van der Waals surface area contributed by atoms with E-state index < -0.39 is 6.16 Å². The number of methoxy groups -OCH3 is 1. The molecule has 0 atom stereocenters. The van der Waals surface area contributed by atoms with Crippen LogP contribution in [0.2, 0.25) is 0 Å². The van der Waals surface area contributed by atoms with E-state index in [0.29, 0.717) is 23.7 Å². The second kappa shape index (κ2) is 9.78. The number of fused-ring (bicyclic) bond motifs is 1. The van der Waals surface area contributed by atoms with Crippen LogP contribution in [-0.2, 0) is 6.54 Å². The van der Waals surface area contributed by atoms with E-state index in [9.17, 15) is 4.79 Å². The number of carbonyl (C=O) groups is 1. The third-order valence-electron chi connectivity index (χ3n) is 5.43. The molecule has 0 radical (unpaired) electrons. The number of anilines is 1. The van der Waals surface area contributed by atoms with Gasteiger partial charge in [-0.1, -0.05) is 12.1 Å². The van der Waals surface area contributed by atoms with E-state index in [1.807, 2.05) is 19.1 Å². The molecule has 1 fully saturated rings. The van der Waals surface area contributed by atoms with Crippen molar-refractivity contribution in [1.29, 1.82) is 0 Å². The van der Waals surface area contributed by atoms with Crippen LogP contribution in [0.3, 0.4) is 0 Å². The van der Waals surface area contributed by atoms with Gasteiger partial charge in [0.25, 0.3) is 6.01 Å². The lowest BCUT2D eigenvalue weighted by Gasteiger charge is -2.32. The molecule has 3 aromatic rings. The van der Waals surface area contributed by atoms with Crippen molar-refractivity contribution in [1.82, 2.24) is 9.88 Å². The smallest absolute Gasteiger partial charge is 0.493 e. The van der Waals surface area contributed by atoms with Crippen molar-refractivity contribution < 1.29 is 28.5 Å². The SMILES string of the molecule is CCOc1cc(CN2CCC(Nc3nc4c(OC(=O)O)cccc4o3)CC2)ccc1OC. The lowest BCUT2D eigenvalue weighted by Crippen LogP contribution is -2.38. The minimum absolute atomic E-state index is 0.160. The van der Waals surface area contributed by atoms with Crippen molar-refractivity contribution >= 4 is 23.3 Å². The van der Waals surface area contributed by atoms with Gasteiger partial charge in [0.15, 0.2) is 28.3 Å². The molecule has 0 unspecified atom stereocenters. The first kappa shape index (κ1) is 21.8. The standard InChI is InChI=1S/C23H27N3O6/c1-3-30-20-13-15(7-8-17(20)29-2)14-26-11-9-16(10-12-26)24-22-25-21-18(31-22)5-4-6-19(21)32-23(27)28/h4-8,13,16H,3,9-12,14H2,1-2H3,(H,24,25)(H,27,28). The summed E-state index contributed by atoms with van der Waals surface area (Å²) in [6.07, 6.45) is 0.491. The normalized spacial score (nSPS) is 14.9. The molecule has 9 nitrogen and oxygen atoms in total. The lowest BCUT2D eigenvalue weighted by atomic mass is 10.0. The van der Waals surface area contributed by atoms with Gasteiger partial charge >= 0.3 is 6.16 Å². The van der Waals surface area contributed by atoms with Gasteiger partial charge in [0, 0.05) is 25.7 Å². The monoisotopic (exact) mass is 441 g/mol. The van der Waals surface area contributed by atoms with Gasteiger partial charge in [0.1, 0.15) is 0 Å². The fourth-order valence-corrected chi connectivity index (χ4v) is 3.92. The summed E-state index contributed by atoms with van der Waals surface area (Å²) in [6, 6.07) is 11.6. The zero-order valence-electron chi connectivity index (χ0n) is 18.2. The van der Waals surface area contributed by atoms with Crippen LogP contribution in [0.15, 0.2) is 40.8 Å². The van der Waals surface area contributed by atoms with Crippen LogP contribution >= 0.6 is 0 Å². The Morgan fingerprint density at radius 2 is 2.03 bits per heavy atom. The largest absolute Gasteiger partial charge is 0.511 e. The van der Waals surface area contributed by atoms with Crippen LogP contribution in [0.4, 0.5) is 10.8 Å². The predicted molar refractivity (Wildman–Crippen MR) is 119 cm³/mol. The molecular formula is C23H27N3O6. The Hall–Kier alpha value is -3.46. The highest BCUT2D eigenvalue weighted by Crippen LogP contribution is 2.30. The van der Waals surface area contributed by atoms with Crippen LogP contribution in [0, 0.1) is 0 Å². The van der Waals surface area contributed by atoms with Crippen molar-refractivity contribution in [3.05, 3.63) is 42.0 Å². The van der Waals surface area contributed by atoms with Gasteiger partial charge in [-0.2, -0.15) is 4.98 Å². The number of likely N-dealkylation sites (tertiary alicyclic amines) is 1. The third-order valence-corrected chi connectivity index (χ3v) is 5.43. The van der Waals surface area contributed by atoms with Gasteiger partial charge in [0.05, 0.1) is 13.7 Å². The maximum absolute atomic E-state index is 10.9. The highest BCUT2D eigenvalue weighted by molar-refractivity contribution is 5.83. The van der Waals surface area contributed by atoms with Gasteiger partial charge in [-0.15, -0.1) is 0 Å². The van der Waals surface area contributed by atoms with Crippen molar-refractivity contribution in [3.63, 3.8) is 0 Å². The Labute approximate surface area is 185 Å². The topological polar surface area (TPSA) is 106 Å². The fraction of sp³-hybridized carbons (Fsp3) is 0.391. The second-order valence-corrected chi connectivity index (χ2v) is 7.60. The maximum atomic E-state index is 10.9. The summed E-state index contributed by atoms with van der Waals surface area (Å²) < 4.78 is 21.6. The Balaban J connectivity index is 1.34. The minimum atomic E-state index is -1.38. The van der Waals surface area contributed by atoms with Gasteiger partial charge in [-0.3, -0.25) is 4.90 Å². The maximum Gasteiger partial charge on any atom is 0.511 e. The molecular weight excluding hydrogens is 414 g/mol. The number of benzene rings is 2. The molecule has 2 N–H and O–H groups in total. The van der Waals surface area contributed by atoms with Gasteiger partial charge in [-0.25, -0.2) is 4.79 Å². The number of ether oxygens (including phenoxy) is 3. The van der Waals surface area contributed by atoms with E-state index >= 15 is 0 Å². The van der Waals surface area contributed by atoms with Crippen molar-refractivity contribution in [3.8, 4) is 17.2 Å². The first-order valence-corrected chi connectivity index (χ1v) is 10.6. The van der Waals surface area contributed by atoms with Crippen molar-refractivity contribution in [2.45, 2.75) is 32.4 Å². The molecule has 9 heteroatoms. The third kappa shape index (κ3) is 5.05. The quantitative estimate of drug-likeness (QED) is 0.389.